The van der Waals surface area contributed by atoms with Crippen LogP contribution in [0.1, 0.15) is 40.2 Å². The molecule has 18 heavy (non-hydrogen) atoms. The number of carbonyl (C=O) groups excluding carboxylic acids is 2. The van der Waals surface area contributed by atoms with Gasteiger partial charge in [-0.1, -0.05) is 15.9 Å². The van der Waals surface area contributed by atoms with Gasteiger partial charge in [0.05, 0.1) is 28.6 Å². The van der Waals surface area contributed by atoms with Gasteiger partial charge < -0.3 is 4.74 Å². The van der Waals surface area contributed by atoms with E-state index in [-0.39, 0.29) is 12.4 Å². The van der Waals surface area contributed by atoms with Crippen LogP contribution >= 0.6 is 15.9 Å². The summed E-state index contributed by atoms with van der Waals surface area (Å²) in [6.45, 7) is 3.40. The number of ether oxygens (including phenoxy) is 1. The number of hydrogen-bond acceptors (Lipinski definition) is 4. The van der Waals surface area contributed by atoms with E-state index in [4.69, 9.17) is 10.00 Å². The van der Waals surface area contributed by atoms with Crippen molar-refractivity contribution in [2.45, 2.75) is 18.7 Å². The van der Waals surface area contributed by atoms with E-state index in [2.05, 4.69) is 15.9 Å². The van der Waals surface area contributed by atoms with E-state index < -0.39 is 10.8 Å². The fourth-order valence-corrected chi connectivity index (χ4v) is 1.81. The second-order valence-electron chi connectivity index (χ2n) is 3.61. The number of carbonyl (C=O) groups is 2. The number of benzene rings is 1. The molecule has 0 spiro atoms. The molecule has 0 aromatic heterocycles. The largest absolute Gasteiger partial charge is 0.462 e. The quantitative estimate of drug-likeness (QED) is 0.633. The number of alkyl halides is 1. The van der Waals surface area contributed by atoms with Crippen molar-refractivity contribution in [2.24, 2.45) is 0 Å². The first-order valence-electron chi connectivity index (χ1n) is 5.37. The van der Waals surface area contributed by atoms with Gasteiger partial charge in [-0.3, -0.25) is 4.79 Å². The van der Waals surface area contributed by atoms with Gasteiger partial charge in [-0.25, -0.2) is 4.79 Å². The zero-order valence-electron chi connectivity index (χ0n) is 10.1. The molecule has 4 nitrogen and oxygen atoms in total. The second-order valence-corrected chi connectivity index (χ2v) is 4.52. The van der Waals surface area contributed by atoms with Crippen molar-refractivity contribution >= 4 is 27.7 Å². The number of Topliss-reactive ketones (excluding diaryl/α,β-unsaturated/α-hetero) is 1. The van der Waals surface area contributed by atoms with E-state index >= 15 is 0 Å². The topological polar surface area (TPSA) is 67.2 Å². The molecule has 1 aromatic carbocycles. The van der Waals surface area contributed by atoms with Crippen LogP contribution in [-0.4, -0.2) is 18.4 Å². The maximum atomic E-state index is 11.6. The molecule has 1 unspecified atom stereocenters. The van der Waals surface area contributed by atoms with E-state index in [9.17, 15) is 9.59 Å². The molecule has 1 atom stereocenters. The lowest BCUT2D eigenvalue weighted by Crippen LogP contribution is -2.08. The first-order chi connectivity index (χ1) is 8.51. The number of rotatable bonds is 4. The summed E-state index contributed by atoms with van der Waals surface area (Å²) >= 11 is 3.21. The monoisotopic (exact) mass is 309 g/mol. The highest BCUT2D eigenvalue weighted by molar-refractivity contribution is 9.09. The van der Waals surface area contributed by atoms with Gasteiger partial charge in [0.1, 0.15) is 5.78 Å². The Hall–Kier alpha value is -1.67. The minimum Gasteiger partial charge on any atom is -0.462 e. The summed E-state index contributed by atoms with van der Waals surface area (Å²) < 4.78 is 4.87. The smallest absolute Gasteiger partial charge is 0.338 e. The van der Waals surface area contributed by atoms with Crippen molar-refractivity contribution < 1.29 is 14.3 Å². The van der Waals surface area contributed by atoms with Crippen molar-refractivity contribution in [2.75, 3.05) is 6.61 Å². The molecule has 0 saturated carbocycles. The molecule has 0 heterocycles. The third-order valence-corrected chi connectivity index (χ3v) is 3.45. The van der Waals surface area contributed by atoms with Gasteiger partial charge >= 0.3 is 5.97 Å². The van der Waals surface area contributed by atoms with Gasteiger partial charge in [-0.15, -0.1) is 0 Å². The Kier molecular flexibility index (Phi) is 5.05. The Bertz CT molecular complexity index is 519. The number of nitriles is 1. The number of hydrogen-bond donors (Lipinski definition) is 0. The van der Waals surface area contributed by atoms with Gasteiger partial charge in [-0.05, 0) is 37.6 Å². The minimum atomic E-state index is -0.596. The summed E-state index contributed by atoms with van der Waals surface area (Å²) in [5, 5.41) is 8.98. The number of esters is 1. The molecule has 0 radical (unpaired) electrons. The summed E-state index contributed by atoms with van der Waals surface area (Å²) in [6.07, 6.45) is 0. The van der Waals surface area contributed by atoms with Crippen LogP contribution in [0.2, 0.25) is 0 Å². The van der Waals surface area contributed by atoms with Gasteiger partial charge in [-0.2, -0.15) is 5.26 Å². The second kappa shape index (κ2) is 6.31. The van der Waals surface area contributed by atoms with Gasteiger partial charge in [0.25, 0.3) is 0 Å². The fraction of sp³-hybridized carbons (Fsp3) is 0.308. The van der Waals surface area contributed by atoms with Crippen LogP contribution in [-0.2, 0) is 9.53 Å². The number of ketones is 1. The average Bonchev–Trinajstić information content (AvgIpc) is 2.37. The molecule has 0 aliphatic heterocycles. The summed E-state index contributed by atoms with van der Waals surface area (Å²) in [6, 6.07) is 6.53. The van der Waals surface area contributed by atoms with Crippen molar-refractivity contribution in [3.63, 3.8) is 0 Å². The standard InChI is InChI=1S/C13H12BrNO3/c1-3-18-13(17)9-4-5-10(7-15)11(6-9)12(14)8(2)16/h4-6,12H,3H2,1-2H3. The summed E-state index contributed by atoms with van der Waals surface area (Å²) in [5.41, 5.74) is 1.17. The zero-order valence-corrected chi connectivity index (χ0v) is 11.7. The van der Waals surface area contributed by atoms with Crippen LogP contribution in [0, 0.1) is 11.3 Å². The van der Waals surface area contributed by atoms with Gasteiger partial charge in [0.2, 0.25) is 0 Å². The Morgan fingerprint density at radius 1 is 1.50 bits per heavy atom. The molecule has 0 N–H and O–H groups in total. The van der Waals surface area contributed by atoms with Crippen LogP contribution in [0.5, 0.6) is 0 Å². The predicted octanol–water partition coefficient (Wildman–Crippen LogP) is 2.76. The first kappa shape index (κ1) is 14.4. The molecule has 0 aliphatic rings. The third kappa shape index (κ3) is 3.17. The highest BCUT2D eigenvalue weighted by atomic mass is 79.9. The molecule has 0 saturated heterocycles. The van der Waals surface area contributed by atoms with E-state index in [0.29, 0.717) is 16.7 Å². The Morgan fingerprint density at radius 3 is 2.67 bits per heavy atom. The lowest BCUT2D eigenvalue weighted by molar-refractivity contribution is -0.116. The van der Waals surface area contributed by atoms with Crippen LogP contribution < -0.4 is 0 Å². The fourth-order valence-electron chi connectivity index (χ4n) is 1.43. The van der Waals surface area contributed by atoms with E-state index in [1.54, 1.807) is 6.92 Å². The summed E-state index contributed by atoms with van der Waals surface area (Å²) in [4.78, 5) is 22.3. The number of nitrogens with zero attached hydrogens (tertiary/aromatic N) is 1. The molecule has 94 valence electrons. The Morgan fingerprint density at radius 2 is 2.17 bits per heavy atom. The van der Waals surface area contributed by atoms with Crippen molar-refractivity contribution in [1.82, 2.24) is 0 Å². The highest BCUT2D eigenvalue weighted by Crippen LogP contribution is 2.27. The number of halogens is 1. The van der Waals surface area contributed by atoms with Crippen molar-refractivity contribution in [3.05, 3.63) is 34.9 Å². The predicted molar refractivity (Wildman–Crippen MR) is 69.5 cm³/mol. The molecule has 0 fully saturated rings. The first-order valence-corrected chi connectivity index (χ1v) is 6.28. The van der Waals surface area contributed by atoms with E-state index in [0.717, 1.165) is 0 Å². The molecule has 5 heteroatoms. The Balaban J connectivity index is 3.22. The molecular formula is C13H12BrNO3. The molecule has 0 aliphatic carbocycles. The van der Waals surface area contributed by atoms with Crippen LogP contribution in [0.15, 0.2) is 18.2 Å². The SMILES string of the molecule is CCOC(=O)c1ccc(C#N)c(C(Br)C(C)=O)c1. The normalized spacial score (nSPS) is 11.4. The molecule has 0 amide bonds. The maximum Gasteiger partial charge on any atom is 0.338 e. The summed E-state index contributed by atoms with van der Waals surface area (Å²) in [5.74, 6) is -0.598. The lowest BCUT2D eigenvalue weighted by atomic mass is 10.0. The van der Waals surface area contributed by atoms with Crippen LogP contribution in [0.3, 0.4) is 0 Å². The lowest BCUT2D eigenvalue weighted by Gasteiger charge is -2.10. The van der Waals surface area contributed by atoms with Gasteiger partial charge in [0.15, 0.2) is 0 Å². The minimum absolute atomic E-state index is 0.132. The Labute approximate surface area is 114 Å². The van der Waals surface area contributed by atoms with Crippen LogP contribution in [0.25, 0.3) is 0 Å². The molecule has 0 bridgehead atoms. The van der Waals surface area contributed by atoms with Crippen LogP contribution in [0.4, 0.5) is 0 Å². The van der Waals surface area contributed by atoms with Gasteiger partial charge in [0, 0.05) is 0 Å². The molecule has 1 rings (SSSR count). The zero-order chi connectivity index (χ0) is 13.7. The van der Waals surface area contributed by atoms with Crippen molar-refractivity contribution in [3.8, 4) is 6.07 Å². The maximum absolute atomic E-state index is 11.6. The third-order valence-electron chi connectivity index (χ3n) is 2.31. The average molecular weight is 310 g/mol. The molecular weight excluding hydrogens is 298 g/mol. The highest BCUT2D eigenvalue weighted by Gasteiger charge is 2.19. The van der Waals surface area contributed by atoms with E-state index in [1.165, 1.54) is 25.1 Å². The molecule has 1 aromatic rings. The van der Waals surface area contributed by atoms with Crippen molar-refractivity contribution in [1.29, 1.82) is 5.26 Å². The summed E-state index contributed by atoms with van der Waals surface area (Å²) in [7, 11) is 0. The van der Waals surface area contributed by atoms with E-state index in [1.807, 2.05) is 6.07 Å².